The number of rotatable bonds is 2. The third kappa shape index (κ3) is 2.78. The van der Waals surface area contributed by atoms with E-state index in [9.17, 15) is 0 Å². The number of likely N-dealkylation sites (N-methyl/N-ethyl adjacent to an activating group) is 1. The third-order valence-corrected chi connectivity index (χ3v) is 1.71. The Morgan fingerprint density at radius 1 is 1.36 bits per heavy atom. The zero-order valence-corrected chi connectivity index (χ0v) is 6.92. The zero-order chi connectivity index (χ0) is 8.27. The molecule has 0 saturated carbocycles. The van der Waals surface area contributed by atoms with Gasteiger partial charge >= 0.3 is 0 Å². The quantitative estimate of drug-likeness (QED) is 0.554. The summed E-state index contributed by atoms with van der Waals surface area (Å²) in [6, 6.07) is 0. The van der Waals surface area contributed by atoms with Crippen molar-refractivity contribution in [2.45, 2.75) is 0 Å². The van der Waals surface area contributed by atoms with Crippen molar-refractivity contribution >= 4 is 0 Å². The van der Waals surface area contributed by atoms with Crippen LogP contribution < -0.4 is 5.73 Å². The summed E-state index contributed by atoms with van der Waals surface area (Å²) in [5.41, 5.74) is 5.29. The van der Waals surface area contributed by atoms with Crippen molar-refractivity contribution < 1.29 is 4.84 Å². The molecule has 0 aromatic rings. The molecule has 2 N–H and O–H groups in total. The van der Waals surface area contributed by atoms with Gasteiger partial charge in [-0.1, -0.05) is 0 Å². The summed E-state index contributed by atoms with van der Waals surface area (Å²) in [5, 5.41) is 1.84. The van der Waals surface area contributed by atoms with Crippen LogP contribution in [0.1, 0.15) is 0 Å². The lowest BCUT2D eigenvalue weighted by molar-refractivity contribution is -0.139. The van der Waals surface area contributed by atoms with E-state index in [1.165, 1.54) is 0 Å². The van der Waals surface area contributed by atoms with E-state index in [0.717, 1.165) is 26.2 Å². The highest BCUT2D eigenvalue weighted by Gasteiger charge is 2.14. The molecule has 0 bridgehead atoms. The molecule has 4 heteroatoms. The van der Waals surface area contributed by atoms with Crippen molar-refractivity contribution in [1.82, 2.24) is 9.96 Å². The summed E-state index contributed by atoms with van der Waals surface area (Å²) in [6.07, 6.45) is 0. The van der Waals surface area contributed by atoms with Gasteiger partial charge in [-0.2, -0.15) is 0 Å². The fourth-order valence-corrected chi connectivity index (χ4v) is 1.05. The molecule has 11 heavy (non-hydrogen) atoms. The minimum Gasteiger partial charge on any atom is -0.389 e. The molecular weight excluding hydrogens is 142 g/mol. The molecule has 0 aliphatic carbocycles. The first-order chi connectivity index (χ1) is 5.18. The molecule has 0 aromatic carbocycles. The smallest absolute Gasteiger partial charge is 0.202 e. The molecule has 0 spiro atoms. The Morgan fingerprint density at radius 3 is 2.36 bits per heavy atom. The Morgan fingerprint density at radius 2 is 1.91 bits per heavy atom. The van der Waals surface area contributed by atoms with Crippen molar-refractivity contribution in [3.05, 3.63) is 12.5 Å². The van der Waals surface area contributed by atoms with Gasteiger partial charge in [0.05, 0.1) is 0 Å². The number of hydrogen-bond donors (Lipinski definition) is 1. The monoisotopic (exact) mass is 157 g/mol. The van der Waals surface area contributed by atoms with Crippen LogP contribution in [0.25, 0.3) is 0 Å². The maximum atomic E-state index is 5.29. The van der Waals surface area contributed by atoms with E-state index >= 15 is 0 Å². The minimum absolute atomic E-state index is 0.273. The first-order valence-corrected chi connectivity index (χ1v) is 3.74. The molecule has 0 radical (unpaired) electrons. The number of nitrogens with two attached hydrogens (primary N) is 1. The third-order valence-electron chi connectivity index (χ3n) is 1.71. The summed E-state index contributed by atoms with van der Waals surface area (Å²) in [4.78, 5) is 7.38. The van der Waals surface area contributed by atoms with Crippen molar-refractivity contribution in [2.75, 3.05) is 33.2 Å². The lowest BCUT2D eigenvalue weighted by Gasteiger charge is -2.31. The van der Waals surface area contributed by atoms with Crippen LogP contribution in [0.2, 0.25) is 0 Å². The Bertz CT molecular complexity index is 141. The Balaban J connectivity index is 2.22. The first kappa shape index (κ1) is 8.36. The van der Waals surface area contributed by atoms with Crippen LogP contribution in [0, 0.1) is 0 Å². The molecule has 1 aliphatic rings. The highest BCUT2D eigenvalue weighted by molar-refractivity contribution is 4.72. The largest absolute Gasteiger partial charge is 0.389 e. The van der Waals surface area contributed by atoms with E-state index in [1.807, 2.05) is 5.06 Å². The topological polar surface area (TPSA) is 41.7 Å². The lowest BCUT2D eigenvalue weighted by atomic mass is 10.4. The molecule has 1 heterocycles. The highest BCUT2D eigenvalue weighted by atomic mass is 16.7. The van der Waals surface area contributed by atoms with Crippen LogP contribution in [-0.2, 0) is 4.84 Å². The van der Waals surface area contributed by atoms with Gasteiger partial charge in [-0.05, 0) is 13.6 Å². The summed E-state index contributed by atoms with van der Waals surface area (Å²) in [7, 11) is 2.09. The van der Waals surface area contributed by atoms with Gasteiger partial charge in [-0.25, -0.2) is 0 Å². The maximum absolute atomic E-state index is 5.29. The second kappa shape index (κ2) is 3.59. The van der Waals surface area contributed by atoms with Crippen LogP contribution in [0.3, 0.4) is 0 Å². The van der Waals surface area contributed by atoms with E-state index < -0.39 is 0 Å². The van der Waals surface area contributed by atoms with Gasteiger partial charge in [0.1, 0.15) is 0 Å². The second-order valence-corrected chi connectivity index (χ2v) is 2.79. The molecule has 1 fully saturated rings. The molecular formula is C7H15N3O. The molecule has 0 atom stereocenters. The van der Waals surface area contributed by atoms with Crippen molar-refractivity contribution in [1.29, 1.82) is 0 Å². The Hall–Kier alpha value is -0.740. The molecule has 0 amide bonds. The minimum atomic E-state index is 0.273. The molecule has 0 aromatic heterocycles. The van der Waals surface area contributed by atoms with Gasteiger partial charge < -0.3 is 15.5 Å². The summed E-state index contributed by atoms with van der Waals surface area (Å²) >= 11 is 0. The van der Waals surface area contributed by atoms with Crippen molar-refractivity contribution in [3.63, 3.8) is 0 Å². The molecule has 64 valence electrons. The number of piperazine rings is 1. The first-order valence-electron chi connectivity index (χ1n) is 3.74. The van der Waals surface area contributed by atoms with Crippen LogP contribution in [0.5, 0.6) is 0 Å². The highest BCUT2D eigenvalue weighted by Crippen LogP contribution is 2.00. The number of nitrogens with zero attached hydrogens (tertiary/aromatic N) is 2. The number of hydrogen-bond acceptors (Lipinski definition) is 4. The molecule has 1 rings (SSSR count). The predicted octanol–water partition coefficient (Wildman–Crippen LogP) is -0.405. The fraction of sp³-hybridized carbons (Fsp3) is 0.714. The molecule has 1 saturated heterocycles. The van der Waals surface area contributed by atoms with Crippen molar-refractivity contribution in [3.8, 4) is 0 Å². The van der Waals surface area contributed by atoms with Crippen LogP contribution in [0.4, 0.5) is 0 Å². The van der Waals surface area contributed by atoms with Crippen molar-refractivity contribution in [2.24, 2.45) is 5.73 Å². The van der Waals surface area contributed by atoms with E-state index in [0.29, 0.717) is 0 Å². The van der Waals surface area contributed by atoms with E-state index in [1.54, 1.807) is 0 Å². The summed E-state index contributed by atoms with van der Waals surface area (Å²) in [6.45, 7) is 7.30. The van der Waals surface area contributed by atoms with Gasteiger partial charge in [0.15, 0.2) is 0 Å². The van der Waals surface area contributed by atoms with Gasteiger partial charge in [-0.3, -0.25) is 0 Å². The summed E-state index contributed by atoms with van der Waals surface area (Å²) in [5.74, 6) is 0.273. The molecule has 0 unspecified atom stereocenters. The van der Waals surface area contributed by atoms with Gasteiger partial charge in [-0.15, -0.1) is 5.06 Å². The van der Waals surface area contributed by atoms with Crippen LogP contribution in [-0.4, -0.2) is 43.2 Å². The van der Waals surface area contributed by atoms with Crippen LogP contribution in [0.15, 0.2) is 12.5 Å². The Kier molecular flexibility index (Phi) is 2.73. The van der Waals surface area contributed by atoms with Gasteiger partial charge in [0.25, 0.3) is 0 Å². The maximum Gasteiger partial charge on any atom is 0.202 e. The average Bonchev–Trinajstić information content (AvgIpc) is 1.93. The van der Waals surface area contributed by atoms with Crippen LogP contribution >= 0.6 is 0 Å². The molecule has 4 nitrogen and oxygen atoms in total. The average molecular weight is 157 g/mol. The molecule has 1 aliphatic heterocycles. The van der Waals surface area contributed by atoms with Gasteiger partial charge in [0.2, 0.25) is 5.88 Å². The number of hydroxylamine groups is 2. The van der Waals surface area contributed by atoms with E-state index in [4.69, 9.17) is 10.6 Å². The SMILES string of the molecule is C=C(N)ON1CCN(C)CC1. The Labute approximate surface area is 67.2 Å². The van der Waals surface area contributed by atoms with E-state index in [2.05, 4.69) is 18.5 Å². The fourth-order valence-electron chi connectivity index (χ4n) is 1.05. The lowest BCUT2D eigenvalue weighted by Crippen LogP contribution is -2.44. The summed E-state index contributed by atoms with van der Waals surface area (Å²) < 4.78 is 0. The normalized spacial score (nSPS) is 21.5. The second-order valence-electron chi connectivity index (χ2n) is 2.79. The predicted molar refractivity (Wildman–Crippen MR) is 43.5 cm³/mol. The van der Waals surface area contributed by atoms with E-state index in [-0.39, 0.29) is 5.88 Å². The zero-order valence-electron chi connectivity index (χ0n) is 6.92. The van der Waals surface area contributed by atoms with Gasteiger partial charge in [0, 0.05) is 26.2 Å². The standard InChI is InChI=1S/C7H15N3O/c1-7(8)11-10-5-3-9(2)4-6-10/h1,3-6,8H2,2H3.